The highest BCUT2D eigenvalue weighted by Gasteiger charge is 2.32. The molecule has 40 heavy (non-hydrogen) atoms. The monoisotopic (exact) mass is 597 g/mol. The van der Waals surface area contributed by atoms with E-state index in [1.807, 2.05) is 0 Å². The van der Waals surface area contributed by atoms with E-state index in [1.54, 1.807) is 0 Å². The molecule has 1 rings (SSSR count). The number of thioether (sulfide) groups is 2. The topological polar surface area (TPSA) is 0 Å². The summed E-state index contributed by atoms with van der Waals surface area (Å²) >= 11 is 4.76. The fourth-order valence-electron chi connectivity index (χ4n) is 6.53. The summed E-state index contributed by atoms with van der Waals surface area (Å²) in [7, 11) is 0. The maximum Gasteiger partial charge on any atom is 0.0611 e. The molecule has 0 aliphatic heterocycles. The number of unbranched alkanes of at least 4 members (excludes halogenated alkanes) is 26. The van der Waals surface area contributed by atoms with Crippen molar-refractivity contribution in [3.63, 3.8) is 0 Å². The molecule has 1 fully saturated rings. The van der Waals surface area contributed by atoms with Crippen molar-refractivity contribution in [3.8, 4) is 0 Å². The van der Waals surface area contributed by atoms with E-state index in [4.69, 9.17) is 0 Å². The number of hydrogen-bond donors (Lipinski definition) is 0. The smallest absolute Gasteiger partial charge is 0.0611 e. The van der Waals surface area contributed by atoms with Crippen molar-refractivity contribution in [3.05, 3.63) is 0 Å². The molecule has 1 aliphatic carbocycles. The third-order valence-corrected chi connectivity index (χ3v) is 12.9. The largest absolute Gasteiger partial charge is 0.144 e. The molecule has 0 radical (unpaired) electrons. The Bertz CT molecular complexity index is 434. The van der Waals surface area contributed by atoms with Gasteiger partial charge in [0, 0.05) is 0 Å². The minimum absolute atomic E-state index is 0.589. The Morgan fingerprint density at radius 3 is 0.850 bits per heavy atom. The normalized spacial score (nSPS) is 15.2. The molecule has 2 heteroatoms. The lowest BCUT2D eigenvalue weighted by atomic mass is 10.00. The molecule has 0 heterocycles. The Labute approximate surface area is 263 Å². The van der Waals surface area contributed by atoms with Crippen LogP contribution in [0.15, 0.2) is 0 Å². The first-order valence-corrected chi connectivity index (χ1v) is 21.1. The van der Waals surface area contributed by atoms with Gasteiger partial charge in [-0.2, -0.15) is 0 Å². The minimum Gasteiger partial charge on any atom is -0.144 e. The SMILES string of the molecule is CCCCCCCCCCCCCCCCSC1(SCCCCCCCCCCCCCCCC)CCCCC1. The van der Waals surface area contributed by atoms with Crippen molar-refractivity contribution in [2.24, 2.45) is 0 Å². The molecule has 0 spiro atoms. The van der Waals surface area contributed by atoms with Crippen LogP contribution in [0.3, 0.4) is 0 Å². The molecule has 0 unspecified atom stereocenters. The quantitative estimate of drug-likeness (QED) is 0.0559. The average Bonchev–Trinajstić information content (AvgIpc) is 2.97. The molecule has 0 aromatic heterocycles. The predicted molar refractivity (Wildman–Crippen MR) is 191 cm³/mol. The molecular formula is C38H76S2. The summed E-state index contributed by atoms with van der Waals surface area (Å²) in [6.45, 7) is 4.63. The second-order valence-electron chi connectivity index (χ2n) is 13.4. The summed E-state index contributed by atoms with van der Waals surface area (Å²) < 4.78 is 0.589. The van der Waals surface area contributed by atoms with Crippen LogP contribution < -0.4 is 0 Å². The highest BCUT2D eigenvalue weighted by Crippen LogP contribution is 2.49. The zero-order valence-corrected chi connectivity index (χ0v) is 29.7. The maximum atomic E-state index is 2.38. The van der Waals surface area contributed by atoms with Crippen LogP contribution in [-0.2, 0) is 0 Å². The van der Waals surface area contributed by atoms with E-state index >= 15 is 0 Å². The average molecular weight is 597 g/mol. The lowest BCUT2D eigenvalue weighted by Crippen LogP contribution is -2.25. The first-order valence-electron chi connectivity index (χ1n) is 19.1. The number of hydrogen-bond acceptors (Lipinski definition) is 2. The summed E-state index contributed by atoms with van der Waals surface area (Å²) in [6, 6.07) is 0. The van der Waals surface area contributed by atoms with E-state index in [0.717, 1.165) is 0 Å². The molecule has 0 N–H and O–H groups in total. The fourth-order valence-corrected chi connectivity index (χ4v) is 9.96. The van der Waals surface area contributed by atoms with Crippen molar-refractivity contribution < 1.29 is 0 Å². The Hall–Kier alpha value is 0.700. The zero-order valence-electron chi connectivity index (χ0n) is 28.1. The highest BCUT2D eigenvalue weighted by molar-refractivity contribution is 8.18. The second kappa shape index (κ2) is 31.1. The van der Waals surface area contributed by atoms with E-state index < -0.39 is 0 Å². The van der Waals surface area contributed by atoms with Gasteiger partial charge in [-0.05, 0) is 37.2 Å². The van der Waals surface area contributed by atoms with Crippen LogP contribution in [0, 0.1) is 0 Å². The van der Waals surface area contributed by atoms with Gasteiger partial charge < -0.3 is 0 Å². The molecule has 0 saturated heterocycles. The Balaban J connectivity index is 1.91. The van der Waals surface area contributed by atoms with Crippen LogP contribution in [0.5, 0.6) is 0 Å². The molecule has 0 amide bonds. The molecule has 1 saturated carbocycles. The van der Waals surface area contributed by atoms with Crippen molar-refractivity contribution in [2.45, 2.75) is 230 Å². The highest BCUT2D eigenvalue weighted by atomic mass is 32.2. The van der Waals surface area contributed by atoms with Gasteiger partial charge in [-0.15, -0.1) is 23.5 Å². The molecule has 0 atom stereocenters. The third kappa shape index (κ3) is 25.2. The van der Waals surface area contributed by atoms with Gasteiger partial charge in [-0.3, -0.25) is 0 Å². The van der Waals surface area contributed by atoms with Gasteiger partial charge in [-0.1, -0.05) is 200 Å². The lowest BCUT2D eigenvalue weighted by molar-refractivity contribution is 0.489. The Morgan fingerprint density at radius 1 is 0.325 bits per heavy atom. The van der Waals surface area contributed by atoms with Gasteiger partial charge in [0.05, 0.1) is 4.08 Å². The summed E-state index contributed by atoms with van der Waals surface area (Å²) in [5, 5.41) is 0. The van der Waals surface area contributed by atoms with Crippen molar-refractivity contribution in [1.82, 2.24) is 0 Å². The summed E-state index contributed by atoms with van der Waals surface area (Å²) in [5.74, 6) is 2.84. The molecule has 0 aromatic rings. The Kier molecular flexibility index (Phi) is 30.1. The number of rotatable bonds is 32. The van der Waals surface area contributed by atoms with Crippen LogP contribution in [0.25, 0.3) is 0 Å². The maximum absolute atomic E-state index is 2.38. The van der Waals surface area contributed by atoms with Crippen molar-refractivity contribution in [1.29, 1.82) is 0 Å². The van der Waals surface area contributed by atoms with Crippen molar-refractivity contribution >= 4 is 23.5 Å². The molecule has 0 nitrogen and oxygen atoms in total. The Morgan fingerprint density at radius 2 is 0.575 bits per heavy atom. The van der Waals surface area contributed by atoms with Crippen molar-refractivity contribution in [2.75, 3.05) is 11.5 Å². The first kappa shape index (κ1) is 38.7. The molecule has 0 bridgehead atoms. The second-order valence-corrected chi connectivity index (χ2v) is 16.6. The van der Waals surface area contributed by atoms with E-state index in [0.29, 0.717) is 4.08 Å². The van der Waals surface area contributed by atoms with Gasteiger partial charge in [0.1, 0.15) is 0 Å². The lowest BCUT2D eigenvalue weighted by Gasteiger charge is -2.36. The van der Waals surface area contributed by atoms with Crippen LogP contribution >= 0.6 is 23.5 Å². The third-order valence-electron chi connectivity index (χ3n) is 9.34. The fraction of sp³-hybridized carbons (Fsp3) is 1.00. The van der Waals surface area contributed by atoms with E-state index in [1.165, 1.54) is 223 Å². The van der Waals surface area contributed by atoms with Gasteiger partial charge in [0.15, 0.2) is 0 Å². The van der Waals surface area contributed by atoms with E-state index in [2.05, 4.69) is 37.4 Å². The first-order chi connectivity index (χ1) is 19.8. The summed E-state index contributed by atoms with van der Waals surface area (Å²) in [6.07, 6.45) is 48.6. The standard InChI is InChI=1S/C38H76S2/c1-3-5-7-9-11-13-15-17-19-21-23-25-27-32-36-39-38(34-30-29-31-35-38)40-37-33-28-26-24-22-20-18-16-14-12-10-8-6-4-2/h3-37H2,1-2H3. The molecule has 1 aliphatic rings. The van der Waals surface area contributed by atoms with Crippen LogP contribution in [-0.4, -0.2) is 15.6 Å². The van der Waals surface area contributed by atoms with Crippen LogP contribution in [0.2, 0.25) is 0 Å². The summed E-state index contributed by atoms with van der Waals surface area (Å²) in [4.78, 5) is 0. The predicted octanol–water partition coefficient (Wildman–Crippen LogP) is 15.1. The molecule has 240 valence electrons. The van der Waals surface area contributed by atoms with Gasteiger partial charge in [-0.25, -0.2) is 0 Å². The summed E-state index contributed by atoms with van der Waals surface area (Å²) in [5.41, 5.74) is 0. The minimum atomic E-state index is 0.589. The van der Waals surface area contributed by atoms with Crippen LogP contribution in [0.4, 0.5) is 0 Å². The van der Waals surface area contributed by atoms with Crippen LogP contribution in [0.1, 0.15) is 226 Å². The van der Waals surface area contributed by atoms with Gasteiger partial charge in [0.2, 0.25) is 0 Å². The van der Waals surface area contributed by atoms with E-state index in [9.17, 15) is 0 Å². The van der Waals surface area contributed by atoms with Gasteiger partial charge >= 0.3 is 0 Å². The van der Waals surface area contributed by atoms with E-state index in [-0.39, 0.29) is 0 Å². The molecule has 0 aromatic carbocycles. The molecular weight excluding hydrogens is 521 g/mol. The zero-order chi connectivity index (χ0) is 28.7. The van der Waals surface area contributed by atoms with Gasteiger partial charge in [0.25, 0.3) is 0 Å².